The molecule has 0 fully saturated rings. The SMILES string of the molecule is Cn1c(Nc2c(Cl)ccc(CNC(=O)C(C)(C)C)c2Cl)nc2cc(C(=O)Nc3ccc(C(F)(F)F)nc3)c(O)cc21. The van der Waals surface area contributed by atoms with Crippen molar-refractivity contribution in [3.05, 3.63) is 69.5 Å². The van der Waals surface area contributed by atoms with Crippen LogP contribution in [0.2, 0.25) is 10.0 Å². The van der Waals surface area contributed by atoms with Crippen molar-refractivity contribution in [2.45, 2.75) is 33.5 Å². The Bertz CT molecular complexity index is 1650. The molecule has 4 N–H and O–H groups in total. The van der Waals surface area contributed by atoms with E-state index in [1.165, 1.54) is 12.1 Å². The topological polar surface area (TPSA) is 121 Å². The van der Waals surface area contributed by atoms with E-state index in [0.29, 0.717) is 27.3 Å². The van der Waals surface area contributed by atoms with Crippen molar-refractivity contribution in [2.75, 3.05) is 10.6 Å². The lowest BCUT2D eigenvalue weighted by Gasteiger charge is -2.19. The second kappa shape index (κ2) is 11.1. The van der Waals surface area contributed by atoms with Crippen LogP contribution in [0.15, 0.2) is 42.6 Å². The zero-order valence-electron chi connectivity index (χ0n) is 22.2. The van der Waals surface area contributed by atoms with E-state index in [2.05, 4.69) is 25.9 Å². The molecule has 4 rings (SSSR count). The smallest absolute Gasteiger partial charge is 0.433 e. The minimum atomic E-state index is -4.62. The Kier molecular flexibility index (Phi) is 8.10. The molecular formula is C27H25Cl2F3N6O3. The van der Waals surface area contributed by atoms with Gasteiger partial charge in [-0.2, -0.15) is 13.2 Å². The van der Waals surface area contributed by atoms with Crippen LogP contribution in [-0.4, -0.2) is 31.5 Å². The number of carbonyl (C=O) groups is 2. The van der Waals surface area contributed by atoms with Crippen molar-refractivity contribution in [3.8, 4) is 5.75 Å². The van der Waals surface area contributed by atoms with E-state index < -0.39 is 23.2 Å². The van der Waals surface area contributed by atoms with Crippen LogP contribution in [0.1, 0.15) is 42.4 Å². The third-order valence-electron chi connectivity index (χ3n) is 6.08. The van der Waals surface area contributed by atoms with Gasteiger partial charge in [-0.15, -0.1) is 0 Å². The van der Waals surface area contributed by atoms with Crippen LogP contribution in [0.5, 0.6) is 5.75 Å². The summed E-state index contributed by atoms with van der Waals surface area (Å²) in [6.07, 6.45) is -3.75. The number of hydrogen-bond acceptors (Lipinski definition) is 6. The summed E-state index contributed by atoms with van der Waals surface area (Å²) in [7, 11) is 1.67. The molecule has 0 radical (unpaired) electrons. The highest BCUT2D eigenvalue weighted by Crippen LogP contribution is 2.37. The number of hydrogen-bond donors (Lipinski definition) is 4. The van der Waals surface area contributed by atoms with Gasteiger partial charge in [0.15, 0.2) is 0 Å². The van der Waals surface area contributed by atoms with Crippen molar-refractivity contribution in [2.24, 2.45) is 12.5 Å². The Morgan fingerprint density at radius 2 is 1.78 bits per heavy atom. The van der Waals surface area contributed by atoms with Gasteiger partial charge < -0.3 is 25.6 Å². The predicted octanol–water partition coefficient (Wildman–Crippen LogP) is 6.66. The number of phenols is 1. The minimum absolute atomic E-state index is 0.00808. The fourth-order valence-corrected chi connectivity index (χ4v) is 4.29. The highest BCUT2D eigenvalue weighted by atomic mass is 35.5. The van der Waals surface area contributed by atoms with E-state index in [4.69, 9.17) is 23.2 Å². The van der Waals surface area contributed by atoms with Gasteiger partial charge in [0, 0.05) is 25.1 Å². The van der Waals surface area contributed by atoms with Gasteiger partial charge in [-0.1, -0.05) is 50.0 Å². The third-order valence-corrected chi connectivity index (χ3v) is 6.83. The average Bonchev–Trinajstić information content (AvgIpc) is 3.18. The molecule has 0 aliphatic rings. The molecule has 216 valence electrons. The van der Waals surface area contributed by atoms with Gasteiger partial charge in [-0.3, -0.25) is 9.59 Å². The third kappa shape index (κ3) is 6.49. The number of alkyl halides is 3. The molecule has 0 saturated carbocycles. The first-order chi connectivity index (χ1) is 19.1. The number of pyridine rings is 1. The summed E-state index contributed by atoms with van der Waals surface area (Å²) in [4.78, 5) is 32.9. The number of carbonyl (C=O) groups excluding carboxylic acids is 2. The predicted molar refractivity (Wildman–Crippen MR) is 151 cm³/mol. The van der Waals surface area contributed by atoms with Crippen LogP contribution in [0, 0.1) is 5.41 Å². The van der Waals surface area contributed by atoms with Crippen molar-refractivity contribution >= 4 is 63.4 Å². The number of aromatic hydroxyl groups is 1. The summed E-state index contributed by atoms with van der Waals surface area (Å²) in [5.74, 6) is -1.02. The van der Waals surface area contributed by atoms with Crippen LogP contribution in [0.3, 0.4) is 0 Å². The fourth-order valence-electron chi connectivity index (χ4n) is 3.75. The molecule has 0 atom stereocenters. The Morgan fingerprint density at radius 3 is 2.39 bits per heavy atom. The number of phenolic OH excluding ortho intramolecular Hbond substituents is 1. The number of amides is 2. The molecule has 2 amide bonds. The standard InChI is InChI=1S/C27H25Cl2F3N6O3/c1-26(2,3)24(41)34-11-13-5-7-16(28)22(21(13)29)37-25-36-17-9-15(19(39)10-18(17)38(25)4)23(40)35-14-6-8-20(33-12-14)27(30,31)32/h5-10,12,39H,11H2,1-4H3,(H,34,41)(H,35,40)(H,36,37). The summed E-state index contributed by atoms with van der Waals surface area (Å²) in [5.41, 5.74) is -0.0984. The first-order valence-electron chi connectivity index (χ1n) is 12.1. The van der Waals surface area contributed by atoms with Crippen LogP contribution in [0.25, 0.3) is 11.0 Å². The number of fused-ring (bicyclic) bond motifs is 1. The number of nitrogens with one attached hydrogen (secondary N) is 3. The molecule has 14 heteroatoms. The number of anilines is 3. The van der Waals surface area contributed by atoms with Gasteiger partial charge in [0.05, 0.1) is 44.2 Å². The molecule has 9 nitrogen and oxygen atoms in total. The second-order valence-corrected chi connectivity index (χ2v) is 11.0. The maximum absolute atomic E-state index is 12.8. The van der Waals surface area contributed by atoms with Crippen LogP contribution < -0.4 is 16.0 Å². The van der Waals surface area contributed by atoms with Crippen molar-refractivity contribution in [1.82, 2.24) is 19.9 Å². The quantitative estimate of drug-likeness (QED) is 0.194. The van der Waals surface area contributed by atoms with E-state index in [1.807, 2.05) is 0 Å². The van der Waals surface area contributed by atoms with Crippen molar-refractivity contribution in [3.63, 3.8) is 0 Å². The van der Waals surface area contributed by atoms with Gasteiger partial charge in [-0.25, -0.2) is 9.97 Å². The summed E-state index contributed by atoms with van der Waals surface area (Å²) < 4.78 is 39.9. The zero-order valence-corrected chi connectivity index (χ0v) is 23.8. The maximum Gasteiger partial charge on any atom is 0.433 e. The molecule has 0 bridgehead atoms. The van der Waals surface area contributed by atoms with E-state index in [1.54, 1.807) is 44.5 Å². The molecule has 0 saturated heterocycles. The number of imidazole rings is 1. The molecule has 4 aromatic rings. The monoisotopic (exact) mass is 608 g/mol. The number of benzene rings is 2. The van der Waals surface area contributed by atoms with E-state index in [0.717, 1.165) is 18.3 Å². The normalized spacial score (nSPS) is 11.9. The molecule has 2 aromatic heterocycles. The van der Waals surface area contributed by atoms with Gasteiger partial charge in [0.25, 0.3) is 5.91 Å². The molecule has 0 aliphatic carbocycles. The van der Waals surface area contributed by atoms with E-state index in [-0.39, 0.29) is 40.4 Å². The second-order valence-electron chi connectivity index (χ2n) is 10.2. The molecule has 41 heavy (non-hydrogen) atoms. The minimum Gasteiger partial charge on any atom is -0.507 e. The molecule has 0 spiro atoms. The number of halogens is 5. The lowest BCUT2D eigenvalue weighted by Crippen LogP contribution is -2.34. The van der Waals surface area contributed by atoms with Crippen molar-refractivity contribution < 1.29 is 27.9 Å². The van der Waals surface area contributed by atoms with Gasteiger partial charge in [0.1, 0.15) is 11.4 Å². The number of aryl methyl sites for hydroxylation is 1. The van der Waals surface area contributed by atoms with E-state index in [9.17, 15) is 27.9 Å². The molecule has 2 aromatic carbocycles. The highest BCUT2D eigenvalue weighted by Gasteiger charge is 2.32. The van der Waals surface area contributed by atoms with Crippen LogP contribution >= 0.6 is 23.2 Å². The summed E-state index contributed by atoms with van der Waals surface area (Å²) in [6.45, 7) is 5.56. The maximum atomic E-state index is 12.8. The Morgan fingerprint density at radius 1 is 1.07 bits per heavy atom. The fraction of sp³-hybridized carbons (Fsp3) is 0.259. The Balaban J connectivity index is 1.59. The zero-order chi connectivity index (χ0) is 30.3. The first kappa shape index (κ1) is 29.9. The van der Waals surface area contributed by atoms with Crippen LogP contribution in [0.4, 0.5) is 30.5 Å². The molecular weight excluding hydrogens is 584 g/mol. The Hall–Kier alpha value is -4.03. The largest absolute Gasteiger partial charge is 0.507 e. The molecule has 0 unspecified atom stereocenters. The number of rotatable bonds is 6. The summed E-state index contributed by atoms with van der Waals surface area (Å²) >= 11 is 13.0. The summed E-state index contributed by atoms with van der Waals surface area (Å²) in [6, 6.07) is 7.78. The van der Waals surface area contributed by atoms with Gasteiger partial charge in [0.2, 0.25) is 11.9 Å². The Labute approximate surface area is 242 Å². The van der Waals surface area contributed by atoms with Gasteiger partial charge in [-0.05, 0) is 29.8 Å². The van der Waals surface area contributed by atoms with E-state index >= 15 is 0 Å². The lowest BCUT2D eigenvalue weighted by molar-refractivity contribution is -0.141. The lowest BCUT2D eigenvalue weighted by atomic mass is 9.95. The average molecular weight is 609 g/mol. The highest BCUT2D eigenvalue weighted by molar-refractivity contribution is 6.39. The summed E-state index contributed by atoms with van der Waals surface area (Å²) in [5, 5.41) is 19.4. The van der Waals surface area contributed by atoms with Crippen LogP contribution in [-0.2, 0) is 24.6 Å². The number of nitrogens with zero attached hydrogens (tertiary/aromatic N) is 3. The van der Waals surface area contributed by atoms with Gasteiger partial charge >= 0.3 is 6.18 Å². The first-order valence-corrected chi connectivity index (χ1v) is 12.9. The number of aromatic nitrogens is 3. The molecule has 2 heterocycles. The van der Waals surface area contributed by atoms with Crippen molar-refractivity contribution in [1.29, 1.82) is 0 Å². The molecule has 0 aliphatic heterocycles.